The van der Waals surface area contributed by atoms with Gasteiger partial charge in [-0.25, -0.2) is 0 Å². The van der Waals surface area contributed by atoms with Gasteiger partial charge in [-0.1, -0.05) is 125 Å². The van der Waals surface area contributed by atoms with Crippen LogP contribution < -0.4 is 0 Å². The molecule has 0 aliphatic carbocycles. The quantitative estimate of drug-likeness (QED) is 0.105. The van der Waals surface area contributed by atoms with Crippen LogP contribution in [0.5, 0.6) is 0 Å². The van der Waals surface area contributed by atoms with Gasteiger partial charge in [-0.3, -0.25) is 19.2 Å². The molecule has 0 fully saturated rings. The number of carbonyl (C=O) groups is 4. The molecule has 0 heterocycles. The molecule has 0 saturated carbocycles. The molecule has 0 aromatic heterocycles. The third-order valence-electron chi connectivity index (χ3n) is 7.97. The van der Waals surface area contributed by atoms with Crippen molar-refractivity contribution in [1.82, 2.24) is 0 Å². The predicted molar refractivity (Wildman–Crippen MR) is 177 cm³/mol. The van der Waals surface area contributed by atoms with Crippen LogP contribution in [0, 0.1) is 32.5 Å². The van der Waals surface area contributed by atoms with E-state index < -0.39 is 5.41 Å². The second-order valence-electron chi connectivity index (χ2n) is 16.3. The first-order valence-corrected chi connectivity index (χ1v) is 15.3. The Labute approximate surface area is 275 Å². The summed E-state index contributed by atoms with van der Waals surface area (Å²) in [4.78, 5) is 46.8. The minimum absolute atomic E-state index is 0. The Balaban J connectivity index is -0.000000262. The summed E-state index contributed by atoms with van der Waals surface area (Å²) >= 11 is 0. The van der Waals surface area contributed by atoms with Crippen molar-refractivity contribution in [1.29, 1.82) is 0 Å². The number of carbonyl (C=O) groups excluding carboxylic acids is 4. The smallest absolute Gasteiger partial charge is 0.164 e. The standard InChI is InChI=1S/3C12H22O2.Fe/c3*1-7-12(5,6)10(14)8-9(13)11(2,3)4;/h7-8H2,1-6H3;2*8,13H,7H2,1-6H3;. The van der Waals surface area contributed by atoms with E-state index in [1.165, 1.54) is 12.2 Å². The van der Waals surface area contributed by atoms with Gasteiger partial charge in [0.2, 0.25) is 0 Å². The van der Waals surface area contributed by atoms with Crippen LogP contribution >= 0.6 is 0 Å². The van der Waals surface area contributed by atoms with Gasteiger partial charge in [-0.2, -0.15) is 0 Å². The third-order valence-corrected chi connectivity index (χ3v) is 7.97. The van der Waals surface area contributed by atoms with Crippen LogP contribution in [-0.4, -0.2) is 33.3 Å². The van der Waals surface area contributed by atoms with Crippen molar-refractivity contribution in [2.24, 2.45) is 32.5 Å². The van der Waals surface area contributed by atoms with Gasteiger partial charge >= 0.3 is 0 Å². The van der Waals surface area contributed by atoms with Gasteiger partial charge in [0.1, 0.15) is 23.1 Å². The van der Waals surface area contributed by atoms with E-state index in [2.05, 4.69) is 0 Å². The molecule has 0 spiro atoms. The first-order chi connectivity index (χ1) is 18.3. The Hall–Kier alpha value is -1.72. The monoisotopic (exact) mass is 650 g/mol. The maximum absolute atomic E-state index is 11.7. The predicted octanol–water partition coefficient (Wildman–Crippen LogP) is 9.95. The maximum atomic E-state index is 11.7. The van der Waals surface area contributed by atoms with Crippen LogP contribution in [0.1, 0.15) is 150 Å². The molecule has 0 unspecified atom stereocenters. The molecule has 2 N–H and O–H groups in total. The fraction of sp³-hybridized carbons (Fsp3) is 0.778. The normalized spacial score (nSPS) is 13.4. The number of rotatable bonds is 10. The van der Waals surface area contributed by atoms with Crippen LogP contribution in [0.15, 0.2) is 23.7 Å². The Kier molecular flexibility index (Phi) is 20.5. The average molecular weight is 651 g/mol. The molecule has 0 amide bonds. The van der Waals surface area contributed by atoms with E-state index in [1.807, 2.05) is 125 Å². The summed E-state index contributed by atoms with van der Waals surface area (Å²) in [6.45, 7) is 34.1. The molecule has 0 atom stereocenters. The molecule has 0 aromatic carbocycles. The van der Waals surface area contributed by atoms with Gasteiger partial charge in [0.05, 0.1) is 6.42 Å². The van der Waals surface area contributed by atoms with Crippen molar-refractivity contribution in [3.8, 4) is 0 Å². The number of Topliss-reactive ketones (excluding diaryl/α,β-unsaturated/α-hetero) is 2. The van der Waals surface area contributed by atoms with E-state index in [0.29, 0.717) is 0 Å². The Morgan fingerprint density at radius 3 is 0.907 bits per heavy atom. The van der Waals surface area contributed by atoms with Crippen molar-refractivity contribution in [3.05, 3.63) is 23.7 Å². The van der Waals surface area contributed by atoms with Gasteiger partial charge in [0.15, 0.2) is 11.6 Å². The van der Waals surface area contributed by atoms with E-state index in [4.69, 9.17) is 0 Å². The van der Waals surface area contributed by atoms with E-state index in [-0.39, 0.29) is 85.2 Å². The van der Waals surface area contributed by atoms with E-state index in [9.17, 15) is 29.4 Å². The summed E-state index contributed by atoms with van der Waals surface area (Å²) in [5.41, 5.74) is -2.21. The van der Waals surface area contributed by atoms with Crippen molar-refractivity contribution in [2.75, 3.05) is 0 Å². The van der Waals surface area contributed by atoms with Gasteiger partial charge in [0.25, 0.3) is 0 Å². The number of hydrogen-bond donors (Lipinski definition) is 2. The second-order valence-corrected chi connectivity index (χ2v) is 16.3. The molecule has 0 saturated heterocycles. The van der Waals surface area contributed by atoms with Gasteiger partial charge in [-0.05, 0) is 19.3 Å². The van der Waals surface area contributed by atoms with Crippen molar-refractivity contribution in [2.45, 2.75) is 150 Å². The molecular formula is C36H66FeO6. The molecule has 6 nitrogen and oxygen atoms in total. The number of aliphatic hydroxyl groups excluding tert-OH is 2. The first kappa shape index (κ1) is 48.2. The molecule has 0 radical (unpaired) electrons. The molecule has 0 aliphatic rings. The largest absolute Gasteiger partial charge is 0.512 e. The molecule has 0 rings (SSSR count). The number of hydrogen-bond acceptors (Lipinski definition) is 6. The molecule has 0 bridgehead atoms. The van der Waals surface area contributed by atoms with Crippen LogP contribution in [0.4, 0.5) is 0 Å². The SMILES string of the molecule is CCC(C)(C)C(=O)C=C(O)C(C)(C)C.CCC(C)(C)C(=O)C=C(O)C(C)(C)C.CCC(C)(C)C(=O)CC(=O)C(C)(C)C.[Fe]. The third kappa shape index (κ3) is 19.3. The first-order valence-electron chi connectivity index (χ1n) is 15.3. The molecule has 0 aliphatic heterocycles. The minimum Gasteiger partial charge on any atom is -0.512 e. The molecule has 0 aromatic rings. The van der Waals surface area contributed by atoms with Gasteiger partial charge < -0.3 is 10.2 Å². The van der Waals surface area contributed by atoms with Crippen LogP contribution in [0.3, 0.4) is 0 Å². The van der Waals surface area contributed by atoms with E-state index >= 15 is 0 Å². The summed E-state index contributed by atoms with van der Waals surface area (Å²) in [5, 5.41) is 19.3. The van der Waals surface area contributed by atoms with Gasteiger partial charge in [0, 0.05) is 61.7 Å². The maximum Gasteiger partial charge on any atom is 0.164 e. The van der Waals surface area contributed by atoms with Gasteiger partial charge in [-0.15, -0.1) is 0 Å². The fourth-order valence-corrected chi connectivity index (χ4v) is 2.27. The number of allylic oxidation sites excluding steroid dienone is 4. The number of ketones is 4. The van der Waals surface area contributed by atoms with Crippen molar-refractivity contribution < 1.29 is 46.5 Å². The molecule has 43 heavy (non-hydrogen) atoms. The summed E-state index contributed by atoms with van der Waals surface area (Å²) in [7, 11) is 0. The topological polar surface area (TPSA) is 109 Å². The second kappa shape index (κ2) is 18.3. The zero-order valence-corrected chi connectivity index (χ0v) is 32.0. The Morgan fingerprint density at radius 1 is 0.465 bits per heavy atom. The molecular weight excluding hydrogens is 584 g/mol. The average Bonchev–Trinajstić information content (AvgIpc) is 2.82. The van der Waals surface area contributed by atoms with Crippen LogP contribution in [-0.2, 0) is 36.2 Å². The molecule has 7 heteroatoms. The van der Waals surface area contributed by atoms with E-state index in [1.54, 1.807) is 0 Å². The molecule has 254 valence electrons. The summed E-state index contributed by atoms with van der Waals surface area (Å²) in [6.07, 6.45) is 5.14. The summed E-state index contributed by atoms with van der Waals surface area (Å²) < 4.78 is 0. The van der Waals surface area contributed by atoms with Crippen LogP contribution in [0.2, 0.25) is 0 Å². The summed E-state index contributed by atoms with van der Waals surface area (Å²) in [6, 6.07) is 0. The number of aliphatic hydroxyl groups is 2. The van der Waals surface area contributed by atoms with Crippen LogP contribution in [0.25, 0.3) is 0 Å². The Morgan fingerprint density at radius 2 is 0.721 bits per heavy atom. The fourth-order valence-electron chi connectivity index (χ4n) is 2.27. The zero-order chi connectivity index (χ0) is 34.7. The summed E-state index contributed by atoms with van der Waals surface area (Å²) in [5.74, 6) is 0.386. The van der Waals surface area contributed by atoms with E-state index in [0.717, 1.165) is 19.3 Å². The zero-order valence-electron chi connectivity index (χ0n) is 30.9. The van der Waals surface area contributed by atoms with Crippen molar-refractivity contribution in [3.63, 3.8) is 0 Å². The Bertz CT molecular complexity index is 921. The minimum atomic E-state index is -0.403. The van der Waals surface area contributed by atoms with Crippen molar-refractivity contribution >= 4 is 23.1 Å².